The third kappa shape index (κ3) is 3.82. The van der Waals surface area contributed by atoms with Crippen LogP contribution in [0.4, 0.5) is 14.5 Å². The number of rotatable bonds is 5. The molecule has 0 fully saturated rings. The highest BCUT2D eigenvalue weighted by Crippen LogP contribution is 2.33. The Morgan fingerprint density at radius 1 is 1.18 bits per heavy atom. The topological polar surface area (TPSA) is 83.3 Å². The summed E-state index contributed by atoms with van der Waals surface area (Å²) in [6.07, 6.45) is 0. The number of benzene rings is 2. The quantitative estimate of drug-likeness (QED) is 0.501. The van der Waals surface area contributed by atoms with Gasteiger partial charge in [0.15, 0.2) is 11.0 Å². The summed E-state index contributed by atoms with van der Waals surface area (Å²) in [4.78, 5) is 13.0. The van der Waals surface area contributed by atoms with Crippen molar-refractivity contribution in [3.63, 3.8) is 0 Å². The molecule has 3 aromatic rings. The summed E-state index contributed by atoms with van der Waals surface area (Å²) in [5.41, 5.74) is 2.79. The minimum atomic E-state index is -1.00. The molecule has 0 bridgehead atoms. The van der Waals surface area contributed by atoms with E-state index in [0.29, 0.717) is 5.82 Å². The summed E-state index contributed by atoms with van der Waals surface area (Å²) in [6.45, 7) is 0. The number of anilines is 1. The van der Waals surface area contributed by atoms with Crippen molar-refractivity contribution in [3.8, 4) is 11.4 Å². The van der Waals surface area contributed by atoms with Gasteiger partial charge in [0.25, 0.3) is 5.91 Å². The van der Waals surface area contributed by atoms with Crippen molar-refractivity contribution >= 4 is 23.4 Å². The molecule has 1 aromatic heterocycles. The van der Waals surface area contributed by atoms with E-state index in [0.717, 1.165) is 35.1 Å². The second-order valence-corrected chi connectivity index (χ2v) is 7.10. The van der Waals surface area contributed by atoms with Crippen molar-refractivity contribution in [2.45, 2.75) is 10.1 Å². The molecule has 10 heteroatoms. The van der Waals surface area contributed by atoms with Crippen molar-refractivity contribution in [3.05, 3.63) is 53.6 Å². The molecule has 7 nitrogen and oxygen atoms in total. The zero-order valence-corrected chi connectivity index (χ0v) is 16.1. The van der Waals surface area contributed by atoms with E-state index in [2.05, 4.69) is 10.2 Å². The van der Waals surface area contributed by atoms with Crippen LogP contribution in [0.25, 0.3) is 11.4 Å². The number of amides is 1. The lowest BCUT2D eigenvalue weighted by atomic mass is 10.2. The van der Waals surface area contributed by atoms with E-state index in [1.165, 1.54) is 5.48 Å². The molecule has 0 saturated carbocycles. The van der Waals surface area contributed by atoms with Gasteiger partial charge in [0.1, 0.15) is 11.6 Å². The smallest absolute Gasteiger partial charge is 0.274 e. The van der Waals surface area contributed by atoms with E-state index >= 15 is 0 Å². The molecule has 146 valence electrons. The van der Waals surface area contributed by atoms with Crippen LogP contribution in [0.15, 0.2) is 46.5 Å². The summed E-state index contributed by atoms with van der Waals surface area (Å²) in [7, 11) is 5.54. The molecule has 3 rings (SSSR count). The molecule has 0 saturated heterocycles. The van der Waals surface area contributed by atoms with Crippen LogP contribution in [0.5, 0.6) is 0 Å². The molecule has 2 N–H and O–H groups in total. The SMILES string of the molecule is CN(C)c1cccc(-c2nnc(Sc3c(F)cc(C(=O)NO)cc3F)n2C)c1. The lowest BCUT2D eigenvalue weighted by Crippen LogP contribution is -2.19. The number of carbonyl (C=O) groups excluding carboxylic acids is 1. The minimum Gasteiger partial charge on any atom is -0.378 e. The number of carbonyl (C=O) groups is 1. The van der Waals surface area contributed by atoms with Gasteiger partial charge in [0.2, 0.25) is 0 Å². The fourth-order valence-electron chi connectivity index (χ4n) is 2.52. The van der Waals surface area contributed by atoms with Crippen molar-refractivity contribution in [2.24, 2.45) is 7.05 Å². The standard InChI is InChI=1S/C18H17F2N5O2S/c1-24(2)12-6-4-5-10(7-12)16-21-22-18(25(16)3)28-15-13(19)8-11(9-14(15)20)17(26)23-27/h4-9,27H,1-3H3,(H,23,26). The van der Waals surface area contributed by atoms with Crippen LogP contribution in [-0.2, 0) is 7.05 Å². The van der Waals surface area contributed by atoms with Crippen LogP contribution in [0, 0.1) is 11.6 Å². The maximum atomic E-state index is 14.3. The number of nitrogens with one attached hydrogen (secondary N) is 1. The van der Waals surface area contributed by atoms with Crippen LogP contribution in [0.1, 0.15) is 10.4 Å². The van der Waals surface area contributed by atoms with Crippen LogP contribution >= 0.6 is 11.8 Å². The van der Waals surface area contributed by atoms with Crippen LogP contribution in [0.2, 0.25) is 0 Å². The summed E-state index contributed by atoms with van der Waals surface area (Å²) >= 11 is 0.756. The van der Waals surface area contributed by atoms with Crippen molar-refractivity contribution < 1.29 is 18.8 Å². The number of hydrogen-bond donors (Lipinski definition) is 2. The average Bonchev–Trinajstić information content (AvgIpc) is 3.04. The summed E-state index contributed by atoms with van der Waals surface area (Å²) in [6, 6.07) is 9.32. The second-order valence-electron chi connectivity index (χ2n) is 6.12. The Hall–Kier alpha value is -2.98. The molecule has 0 aliphatic carbocycles. The van der Waals surface area contributed by atoms with Crippen molar-refractivity contribution in [1.29, 1.82) is 0 Å². The van der Waals surface area contributed by atoms with Gasteiger partial charge >= 0.3 is 0 Å². The Morgan fingerprint density at radius 2 is 1.86 bits per heavy atom. The second kappa shape index (κ2) is 7.95. The maximum absolute atomic E-state index is 14.3. The van der Waals surface area contributed by atoms with Gasteiger partial charge in [-0.1, -0.05) is 12.1 Å². The minimum absolute atomic E-state index is 0.280. The zero-order chi connectivity index (χ0) is 20.4. The normalized spacial score (nSPS) is 10.8. The predicted octanol–water partition coefficient (Wildman–Crippen LogP) is 3.10. The lowest BCUT2D eigenvalue weighted by molar-refractivity contribution is 0.0705. The van der Waals surface area contributed by atoms with Gasteiger partial charge in [-0.2, -0.15) is 0 Å². The molecule has 0 aliphatic rings. The van der Waals surface area contributed by atoms with Gasteiger partial charge in [-0.25, -0.2) is 14.3 Å². The molecular formula is C18H17F2N5O2S. The maximum Gasteiger partial charge on any atom is 0.274 e. The lowest BCUT2D eigenvalue weighted by Gasteiger charge is -2.13. The zero-order valence-electron chi connectivity index (χ0n) is 15.3. The highest BCUT2D eigenvalue weighted by Gasteiger charge is 2.20. The average molecular weight is 405 g/mol. The van der Waals surface area contributed by atoms with Gasteiger partial charge in [-0.05, 0) is 36.0 Å². The van der Waals surface area contributed by atoms with Gasteiger partial charge in [-0.3, -0.25) is 10.0 Å². The van der Waals surface area contributed by atoms with Gasteiger partial charge < -0.3 is 9.47 Å². The molecule has 0 radical (unpaired) electrons. The molecule has 0 atom stereocenters. The number of hydroxylamine groups is 1. The van der Waals surface area contributed by atoms with E-state index in [9.17, 15) is 13.6 Å². The Labute approximate surface area is 164 Å². The third-order valence-electron chi connectivity index (χ3n) is 4.01. The summed E-state index contributed by atoms with van der Waals surface area (Å²) < 4.78 is 30.3. The van der Waals surface area contributed by atoms with E-state index in [1.807, 2.05) is 43.3 Å². The first-order chi connectivity index (χ1) is 13.3. The highest BCUT2D eigenvalue weighted by molar-refractivity contribution is 7.99. The Kier molecular flexibility index (Phi) is 5.61. The number of nitrogens with zero attached hydrogens (tertiary/aromatic N) is 4. The van der Waals surface area contributed by atoms with Crippen LogP contribution < -0.4 is 10.4 Å². The summed E-state index contributed by atoms with van der Waals surface area (Å²) in [5, 5.41) is 17.0. The first-order valence-corrected chi connectivity index (χ1v) is 8.92. The van der Waals surface area contributed by atoms with E-state index in [1.54, 1.807) is 11.6 Å². The van der Waals surface area contributed by atoms with Crippen molar-refractivity contribution in [2.75, 3.05) is 19.0 Å². The Morgan fingerprint density at radius 3 is 2.46 bits per heavy atom. The molecule has 0 spiro atoms. The molecule has 28 heavy (non-hydrogen) atoms. The fourth-order valence-corrected chi connectivity index (χ4v) is 3.32. The Bertz CT molecular complexity index is 1020. The number of hydrogen-bond acceptors (Lipinski definition) is 6. The van der Waals surface area contributed by atoms with E-state index < -0.39 is 17.5 Å². The first kappa shape index (κ1) is 19.8. The molecule has 1 heterocycles. The third-order valence-corrected chi connectivity index (χ3v) is 5.14. The molecule has 0 aliphatic heterocycles. The number of halogens is 2. The Balaban J connectivity index is 1.94. The van der Waals surface area contributed by atoms with Gasteiger partial charge in [-0.15, -0.1) is 10.2 Å². The van der Waals surface area contributed by atoms with E-state index in [-0.39, 0.29) is 15.6 Å². The van der Waals surface area contributed by atoms with Crippen LogP contribution in [-0.4, -0.2) is 40.0 Å². The monoisotopic (exact) mass is 405 g/mol. The summed E-state index contributed by atoms with van der Waals surface area (Å²) in [5.74, 6) is -2.34. The molecule has 1 amide bonds. The fraction of sp³-hybridized carbons (Fsp3) is 0.167. The molecular weight excluding hydrogens is 388 g/mol. The predicted molar refractivity (Wildman–Crippen MR) is 100 cm³/mol. The van der Waals surface area contributed by atoms with Gasteiger partial charge in [0.05, 0.1) is 4.90 Å². The van der Waals surface area contributed by atoms with Crippen LogP contribution in [0.3, 0.4) is 0 Å². The molecule has 0 unspecified atom stereocenters. The highest BCUT2D eigenvalue weighted by atomic mass is 32.2. The van der Waals surface area contributed by atoms with Crippen molar-refractivity contribution in [1.82, 2.24) is 20.2 Å². The van der Waals surface area contributed by atoms with E-state index in [4.69, 9.17) is 5.21 Å². The number of aromatic nitrogens is 3. The van der Waals surface area contributed by atoms with Gasteiger partial charge in [0, 0.05) is 38.0 Å². The first-order valence-electron chi connectivity index (χ1n) is 8.10. The molecule has 2 aromatic carbocycles. The largest absolute Gasteiger partial charge is 0.378 e.